The van der Waals surface area contributed by atoms with E-state index in [1.165, 1.54) is 6.07 Å². The van der Waals surface area contributed by atoms with Crippen molar-refractivity contribution >= 4 is 16.9 Å². The normalized spacial score (nSPS) is 11.7. The first kappa shape index (κ1) is 18.5. The molecule has 12 heteroatoms. The predicted molar refractivity (Wildman–Crippen MR) is 88.8 cm³/mol. The maximum Gasteiger partial charge on any atom is 0.471 e. The van der Waals surface area contributed by atoms with E-state index < -0.39 is 23.8 Å². The number of amides is 1. The van der Waals surface area contributed by atoms with Crippen LogP contribution in [-0.4, -0.2) is 34.4 Å². The second kappa shape index (κ2) is 7.30. The maximum absolute atomic E-state index is 12.5. The largest absolute Gasteiger partial charge is 0.474 e. The van der Waals surface area contributed by atoms with Gasteiger partial charge in [0.25, 0.3) is 11.8 Å². The number of furan rings is 1. The molecule has 0 radical (unpaired) electrons. The van der Waals surface area contributed by atoms with Crippen LogP contribution in [0.25, 0.3) is 22.6 Å². The molecule has 0 aliphatic rings. The van der Waals surface area contributed by atoms with Crippen molar-refractivity contribution in [3.05, 3.63) is 48.0 Å². The summed E-state index contributed by atoms with van der Waals surface area (Å²) in [6.07, 6.45) is -4.76. The third-order valence-electron chi connectivity index (χ3n) is 3.66. The Morgan fingerprint density at radius 3 is 2.72 bits per heavy atom. The lowest BCUT2D eigenvalue weighted by Crippen LogP contribution is -2.27. The summed E-state index contributed by atoms with van der Waals surface area (Å²) in [7, 11) is 0. The summed E-state index contributed by atoms with van der Waals surface area (Å²) < 4.78 is 57.1. The highest BCUT2D eigenvalue weighted by molar-refractivity contribution is 5.96. The molecule has 0 bridgehead atoms. The van der Waals surface area contributed by atoms with Gasteiger partial charge in [-0.25, -0.2) is 0 Å². The number of halogens is 3. The molecule has 1 amide bonds. The highest BCUT2D eigenvalue weighted by Crippen LogP contribution is 2.30. The molecule has 0 aliphatic carbocycles. The molecule has 0 unspecified atom stereocenters. The SMILES string of the molecule is O=C(NCCOc1cc(-c2noc(C(F)(F)F)n2)on1)c1cc2ccccc2o1. The Morgan fingerprint density at radius 2 is 1.97 bits per heavy atom. The van der Waals surface area contributed by atoms with Crippen LogP contribution in [0.5, 0.6) is 5.88 Å². The van der Waals surface area contributed by atoms with Crippen LogP contribution in [0.1, 0.15) is 16.4 Å². The number of carbonyl (C=O) groups excluding carboxylic acids is 1. The molecular formula is C17H11F3N4O5. The maximum atomic E-state index is 12.5. The van der Waals surface area contributed by atoms with Gasteiger partial charge in [-0.1, -0.05) is 23.4 Å². The fraction of sp³-hybridized carbons (Fsp3) is 0.176. The smallest absolute Gasteiger partial charge is 0.471 e. The van der Waals surface area contributed by atoms with Crippen LogP contribution in [-0.2, 0) is 6.18 Å². The number of rotatable bonds is 6. The number of aromatic nitrogens is 3. The zero-order valence-corrected chi connectivity index (χ0v) is 14.4. The lowest BCUT2D eigenvalue weighted by molar-refractivity contribution is -0.159. The monoisotopic (exact) mass is 408 g/mol. The van der Waals surface area contributed by atoms with E-state index in [0.717, 1.165) is 5.39 Å². The van der Waals surface area contributed by atoms with Crippen LogP contribution in [0, 0.1) is 0 Å². The van der Waals surface area contributed by atoms with E-state index in [4.69, 9.17) is 13.7 Å². The molecule has 29 heavy (non-hydrogen) atoms. The van der Waals surface area contributed by atoms with E-state index >= 15 is 0 Å². The minimum Gasteiger partial charge on any atom is -0.474 e. The molecule has 1 N–H and O–H groups in total. The van der Waals surface area contributed by atoms with Gasteiger partial charge in [0.15, 0.2) is 5.76 Å². The Bertz CT molecular complexity index is 1110. The van der Waals surface area contributed by atoms with E-state index in [-0.39, 0.29) is 30.6 Å². The van der Waals surface area contributed by atoms with Gasteiger partial charge in [0.2, 0.25) is 11.6 Å². The fourth-order valence-electron chi connectivity index (χ4n) is 2.37. The summed E-state index contributed by atoms with van der Waals surface area (Å²) >= 11 is 0. The van der Waals surface area contributed by atoms with E-state index in [2.05, 4.69) is 25.1 Å². The third kappa shape index (κ3) is 4.05. The quantitative estimate of drug-likeness (QED) is 0.483. The Hall–Kier alpha value is -3.83. The fourth-order valence-corrected chi connectivity index (χ4v) is 2.37. The number of fused-ring (bicyclic) bond motifs is 1. The Balaban J connectivity index is 1.29. The molecule has 9 nitrogen and oxygen atoms in total. The van der Waals surface area contributed by atoms with Gasteiger partial charge in [0.1, 0.15) is 12.2 Å². The molecule has 0 saturated carbocycles. The van der Waals surface area contributed by atoms with Gasteiger partial charge in [0, 0.05) is 5.39 Å². The first-order valence-corrected chi connectivity index (χ1v) is 8.18. The lowest BCUT2D eigenvalue weighted by atomic mass is 10.2. The van der Waals surface area contributed by atoms with Crippen molar-refractivity contribution in [2.24, 2.45) is 0 Å². The van der Waals surface area contributed by atoms with Crippen LogP contribution in [0.3, 0.4) is 0 Å². The van der Waals surface area contributed by atoms with Crippen molar-refractivity contribution < 1.29 is 36.2 Å². The average molecular weight is 408 g/mol. The van der Waals surface area contributed by atoms with E-state index in [9.17, 15) is 18.0 Å². The number of nitrogens with zero attached hydrogens (tertiary/aromatic N) is 3. The van der Waals surface area contributed by atoms with E-state index in [1.54, 1.807) is 18.2 Å². The summed E-state index contributed by atoms with van der Waals surface area (Å²) in [6, 6.07) is 10.0. The molecule has 0 spiro atoms. The van der Waals surface area contributed by atoms with Crippen LogP contribution >= 0.6 is 0 Å². The van der Waals surface area contributed by atoms with Crippen molar-refractivity contribution in [3.8, 4) is 17.5 Å². The molecule has 3 heterocycles. The molecule has 150 valence electrons. The van der Waals surface area contributed by atoms with Crippen LogP contribution in [0.4, 0.5) is 13.2 Å². The zero-order valence-electron chi connectivity index (χ0n) is 14.4. The van der Waals surface area contributed by atoms with Crippen LogP contribution < -0.4 is 10.1 Å². The number of nitrogens with one attached hydrogen (secondary N) is 1. The number of para-hydroxylation sites is 1. The van der Waals surface area contributed by atoms with Gasteiger partial charge in [-0.2, -0.15) is 18.2 Å². The summed E-state index contributed by atoms with van der Waals surface area (Å²) in [4.78, 5) is 15.3. The molecule has 0 saturated heterocycles. The highest BCUT2D eigenvalue weighted by Gasteiger charge is 2.39. The van der Waals surface area contributed by atoms with Crippen molar-refractivity contribution in [1.82, 2.24) is 20.6 Å². The minimum absolute atomic E-state index is 0.0173. The molecule has 0 aliphatic heterocycles. The number of carbonyl (C=O) groups is 1. The average Bonchev–Trinajstić information content (AvgIpc) is 3.43. The van der Waals surface area contributed by atoms with Crippen LogP contribution in [0.15, 0.2) is 49.9 Å². The predicted octanol–water partition coefficient (Wildman–Crippen LogP) is 3.30. The molecular weight excluding hydrogens is 397 g/mol. The topological polar surface area (TPSA) is 116 Å². The van der Waals surface area contributed by atoms with Crippen molar-refractivity contribution in [2.45, 2.75) is 6.18 Å². The molecule has 3 aromatic heterocycles. The first-order chi connectivity index (χ1) is 13.9. The zero-order chi connectivity index (χ0) is 20.4. The van der Waals surface area contributed by atoms with E-state index in [0.29, 0.717) is 5.58 Å². The number of ether oxygens (including phenoxy) is 1. The summed E-state index contributed by atoms with van der Waals surface area (Å²) in [5, 5.41) is 10.1. The highest BCUT2D eigenvalue weighted by atomic mass is 19.4. The van der Waals surface area contributed by atoms with Crippen LogP contribution in [0.2, 0.25) is 0 Å². The molecule has 4 aromatic rings. The third-order valence-corrected chi connectivity index (χ3v) is 3.66. The molecule has 0 fully saturated rings. The van der Waals surface area contributed by atoms with E-state index in [1.807, 2.05) is 12.1 Å². The van der Waals surface area contributed by atoms with Gasteiger partial charge in [0.05, 0.1) is 12.6 Å². The number of hydrogen-bond acceptors (Lipinski definition) is 8. The molecule has 4 rings (SSSR count). The first-order valence-electron chi connectivity index (χ1n) is 8.18. The van der Waals surface area contributed by atoms with Gasteiger partial charge >= 0.3 is 12.1 Å². The van der Waals surface area contributed by atoms with Crippen molar-refractivity contribution in [3.63, 3.8) is 0 Å². The Kier molecular flexibility index (Phi) is 4.66. The minimum atomic E-state index is -4.76. The van der Waals surface area contributed by atoms with Crippen molar-refractivity contribution in [2.75, 3.05) is 13.2 Å². The second-order valence-corrected chi connectivity index (χ2v) is 5.70. The number of benzene rings is 1. The van der Waals surface area contributed by atoms with Gasteiger partial charge in [-0.15, -0.1) is 0 Å². The van der Waals surface area contributed by atoms with Crippen molar-refractivity contribution in [1.29, 1.82) is 0 Å². The number of alkyl halides is 3. The summed E-state index contributed by atoms with van der Waals surface area (Å²) in [6.45, 7) is 0.149. The molecule has 1 aromatic carbocycles. The summed E-state index contributed by atoms with van der Waals surface area (Å²) in [5.41, 5.74) is 0.596. The van der Waals surface area contributed by atoms with Gasteiger partial charge in [-0.3, -0.25) is 4.79 Å². The standard InChI is InChI=1S/C17H11F3N4O5/c18-17(19,20)16-22-14(24-29-16)11-8-13(23-28-11)26-6-5-21-15(25)12-7-9-3-1-2-4-10(9)27-12/h1-4,7-8H,5-6H2,(H,21,25). The molecule has 0 atom stereocenters. The second-order valence-electron chi connectivity index (χ2n) is 5.70. The van der Waals surface area contributed by atoms with Gasteiger partial charge < -0.3 is 23.5 Å². The van der Waals surface area contributed by atoms with Gasteiger partial charge in [-0.05, 0) is 17.3 Å². The Labute approximate surface area is 159 Å². The Morgan fingerprint density at radius 1 is 1.14 bits per heavy atom. The lowest BCUT2D eigenvalue weighted by Gasteiger charge is -2.03. The summed E-state index contributed by atoms with van der Waals surface area (Å²) in [5.74, 6) is -2.36. The number of hydrogen-bond donors (Lipinski definition) is 1.